The Kier molecular flexibility index (Phi) is 7.84. The summed E-state index contributed by atoms with van der Waals surface area (Å²) >= 11 is 0. The van der Waals surface area contributed by atoms with Crippen LogP contribution in [-0.2, 0) is 24.7 Å². The molecule has 190 valence electrons. The lowest BCUT2D eigenvalue weighted by atomic mass is 9.78. The number of para-hydroxylation sites is 1. The summed E-state index contributed by atoms with van der Waals surface area (Å²) in [6, 6.07) is 17.2. The van der Waals surface area contributed by atoms with Gasteiger partial charge in [0.05, 0.1) is 12.8 Å². The zero-order chi connectivity index (χ0) is 25.8. The van der Waals surface area contributed by atoms with Gasteiger partial charge in [0.15, 0.2) is 5.60 Å². The minimum Gasteiger partial charge on any atom is -0.460 e. The second-order valence-corrected chi connectivity index (χ2v) is 12.2. The Morgan fingerprint density at radius 2 is 1.58 bits per heavy atom. The lowest BCUT2D eigenvalue weighted by Gasteiger charge is -2.38. The Balaban J connectivity index is 1.74. The average molecular weight is 506 g/mol. The van der Waals surface area contributed by atoms with E-state index in [1.807, 2.05) is 54.6 Å². The van der Waals surface area contributed by atoms with Crippen LogP contribution in [0.25, 0.3) is 0 Å². The van der Waals surface area contributed by atoms with Gasteiger partial charge in [0.1, 0.15) is 5.60 Å². The molecule has 4 rings (SSSR count). The summed E-state index contributed by atoms with van der Waals surface area (Å²) in [6.45, 7) is 5.41. The van der Waals surface area contributed by atoms with Crippen LogP contribution >= 0.6 is 10.5 Å². The lowest BCUT2D eigenvalue weighted by molar-refractivity contribution is -0.161. The summed E-state index contributed by atoms with van der Waals surface area (Å²) in [7, 11) is 0.0767. The molecule has 2 aromatic rings. The molecular weight excluding hydrogens is 470 g/mol. The van der Waals surface area contributed by atoms with Crippen LogP contribution in [0.5, 0.6) is 0 Å². The van der Waals surface area contributed by atoms with Crippen LogP contribution < -0.4 is 5.73 Å². The van der Waals surface area contributed by atoms with Crippen molar-refractivity contribution < 1.29 is 19.1 Å². The van der Waals surface area contributed by atoms with Gasteiger partial charge in [-0.2, -0.15) is 10.5 Å². The van der Waals surface area contributed by atoms with E-state index in [9.17, 15) is 9.59 Å². The molecule has 0 saturated heterocycles. The molecule has 2 unspecified atom stereocenters. The van der Waals surface area contributed by atoms with Crippen molar-refractivity contribution in [1.82, 2.24) is 0 Å². The molecule has 1 fully saturated rings. The summed E-state index contributed by atoms with van der Waals surface area (Å²) in [5, 5.41) is 5.18. The molecule has 5 nitrogen and oxygen atoms in total. The SMILES string of the molecule is CC(C)(C)OC(=O)CCC(=O)OC(C1=CC=S(C2CCC2)C=C1)(c1ccccc1)c1ccccc1N. The number of carbonyl (C=O) groups is 2. The first-order valence-electron chi connectivity index (χ1n) is 12.5. The number of hydrogen-bond donors (Lipinski definition) is 1. The number of ether oxygens (including phenoxy) is 2. The molecule has 1 saturated carbocycles. The maximum atomic E-state index is 13.3. The van der Waals surface area contributed by atoms with Crippen molar-refractivity contribution in [2.24, 2.45) is 0 Å². The monoisotopic (exact) mass is 505 g/mol. The molecule has 2 aromatic carbocycles. The van der Waals surface area contributed by atoms with Crippen LogP contribution in [-0.4, -0.2) is 28.2 Å². The molecule has 0 spiro atoms. The maximum absolute atomic E-state index is 13.3. The first-order chi connectivity index (χ1) is 17.2. The van der Waals surface area contributed by atoms with Crippen molar-refractivity contribution in [1.29, 1.82) is 0 Å². The first kappa shape index (κ1) is 26.0. The number of hydrogen-bond acceptors (Lipinski definition) is 5. The van der Waals surface area contributed by atoms with Crippen molar-refractivity contribution in [3.8, 4) is 0 Å². The first-order valence-corrected chi connectivity index (χ1v) is 13.9. The molecule has 2 N–H and O–H groups in total. The topological polar surface area (TPSA) is 78.6 Å². The van der Waals surface area contributed by atoms with E-state index in [1.54, 1.807) is 20.8 Å². The van der Waals surface area contributed by atoms with Crippen molar-refractivity contribution >= 4 is 33.5 Å². The Hall–Kier alpha value is -3.12. The summed E-state index contributed by atoms with van der Waals surface area (Å²) in [6.07, 6.45) is 7.81. The van der Waals surface area contributed by atoms with E-state index in [2.05, 4.69) is 22.9 Å². The number of anilines is 1. The number of nitrogens with two attached hydrogens (primary N) is 1. The van der Waals surface area contributed by atoms with E-state index in [4.69, 9.17) is 15.2 Å². The van der Waals surface area contributed by atoms with Crippen LogP contribution in [0.2, 0.25) is 0 Å². The quantitative estimate of drug-likeness (QED) is 0.260. The van der Waals surface area contributed by atoms with Crippen molar-refractivity contribution in [2.45, 2.75) is 69.3 Å². The number of nitrogen functional groups attached to an aromatic ring is 1. The fraction of sp³-hybridized carbons (Fsp3) is 0.367. The van der Waals surface area contributed by atoms with E-state index in [-0.39, 0.29) is 23.3 Å². The van der Waals surface area contributed by atoms with Gasteiger partial charge < -0.3 is 15.2 Å². The van der Waals surface area contributed by atoms with E-state index < -0.39 is 23.1 Å². The molecule has 2 aliphatic rings. The molecule has 0 bridgehead atoms. The second kappa shape index (κ2) is 10.9. The normalized spacial score (nSPS) is 19.3. The summed E-state index contributed by atoms with van der Waals surface area (Å²) in [5.41, 5.74) is 7.48. The minimum absolute atomic E-state index is 0.0581. The molecule has 1 aliphatic carbocycles. The highest BCUT2D eigenvalue weighted by molar-refractivity contribution is 8.18. The van der Waals surface area contributed by atoms with E-state index >= 15 is 0 Å². The summed E-state index contributed by atoms with van der Waals surface area (Å²) in [4.78, 5) is 25.6. The van der Waals surface area contributed by atoms with Gasteiger partial charge in [0.25, 0.3) is 0 Å². The number of allylic oxidation sites excluding steroid dienone is 1. The summed E-state index contributed by atoms with van der Waals surface area (Å²) < 4.78 is 11.8. The molecule has 6 heteroatoms. The van der Waals surface area contributed by atoms with Crippen LogP contribution in [0, 0.1) is 0 Å². The third-order valence-electron chi connectivity index (χ3n) is 6.39. The van der Waals surface area contributed by atoms with E-state index in [0.717, 1.165) is 11.1 Å². The largest absolute Gasteiger partial charge is 0.460 e. The van der Waals surface area contributed by atoms with Gasteiger partial charge in [-0.3, -0.25) is 9.59 Å². The zero-order valence-corrected chi connectivity index (χ0v) is 22.1. The van der Waals surface area contributed by atoms with Crippen LogP contribution in [0.15, 0.2) is 77.7 Å². The van der Waals surface area contributed by atoms with Gasteiger partial charge in [-0.05, 0) is 62.6 Å². The van der Waals surface area contributed by atoms with Crippen molar-refractivity contribution in [2.75, 3.05) is 5.73 Å². The predicted octanol–water partition coefficient (Wildman–Crippen LogP) is 6.25. The highest BCUT2D eigenvalue weighted by atomic mass is 32.2. The van der Waals surface area contributed by atoms with Gasteiger partial charge in [-0.25, -0.2) is 0 Å². The van der Waals surface area contributed by atoms with Crippen molar-refractivity contribution in [3.05, 3.63) is 88.9 Å². The van der Waals surface area contributed by atoms with Gasteiger partial charge >= 0.3 is 11.9 Å². The predicted molar refractivity (Wildman–Crippen MR) is 148 cm³/mol. The Bertz CT molecular complexity index is 1200. The van der Waals surface area contributed by atoms with Crippen LogP contribution in [0.3, 0.4) is 0 Å². The lowest BCUT2D eigenvalue weighted by Crippen LogP contribution is -2.37. The van der Waals surface area contributed by atoms with Gasteiger partial charge in [0, 0.05) is 27.6 Å². The van der Waals surface area contributed by atoms with Gasteiger partial charge in [-0.1, -0.05) is 55.0 Å². The van der Waals surface area contributed by atoms with Crippen LogP contribution in [0.1, 0.15) is 64.0 Å². The Morgan fingerprint density at radius 3 is 2.14 bits per heavy atom. The zero-order valence-electron chi connectivity index (χ0n) is 21.2. The maximum Gasteiger partial charge on any atom is 0.307 e. The van der Waals surface area contributed by atoms with E-state index in [0.29, 0.717) is 16.5 Å². The average Bonchev–Trinajstić information content (AvgIpc) is 2.81. The van der Waals surface area contributed by atoms with Gasteiger partial charge in [-0.15, -0.1) is 0 Å². The smallest absolute Gasteiger partial charge is 0.307 e. The minimum atomic E-state index is -1.25. The third kappa shape index (κ3) is 5.81. The Morgan fingerprint density at radius 1 is 0.944 bits per heavy atom. The highest BCUT2D eigenvalue weighted by Gasteiger charge is 2.43. The van der Waals surface area contributed by atoms with Crippen molar-refractivity contribution in [3.63, 3.8) is 0 Å². The Labute approximate surface area is 216 Å². The molecule has 2 atom stereocenters. The standard InChI is InChI=1S/C30H35NO4S/c1-29(2,3)34-27(32)16-17-28(33)35-30(22-10-5-4-6-11-22,25-14-7-8-15-26(25)31)23-18-20-36(21-19-23)24-12-9-13-24/h4-8,10-11,14-15,18-21,24H,9,12-13,16-17,31H2,1-3H3. The molecule has 1 aliphatic heterocycles. The molecule has 0 radical (unpaired) electrons. The highest BCUT2D eigenvalue weighted by Crippen LogP contribution is 2.47. The number of carbonyl (C=O) groups excluding carboxylic acids is 2. The fourth-order valence-corrected chi connectivity index (χ4v) is 6.48. The number of esters is 2. The second-order valence-electron chi connectivity index (χ2n) is 10.2. The van der Waals surface area contributed by atoms with Gasteiger partial charge in [0.2, 0.25) is 0 Å². The fourth-order valence-electron chi connectivity index (χ4n) is 4.46. The third-order valence-corrected chi connectivity index (χ3v) is 8.54. The molecule has 1 heterocycles. The summed E-state index contributed by atoms with van der Waals surface area (Å²) in [5.74, 6) is -0.926. The molecular formula is C30H35NO4S. The molecule has 0 amide bonds. The number of benzene rings is 2. The van der Waals surface area contributed by atoms with Crippen LogP contribution in [0.4, 0.5) is 5.69 Å². The molecule has 36 heavy (non-hydrogen) atoms. The van der Waals surface area contributed by atoms with E-state index in [1.165, 1.54) is 19.3 Å². The molecule has 0 aromatic heterocycles. The number of rotatable bonds is 8.